The second kappa shape index (κ2) is 7.15. The molecule has 3 aromatic rings. The lowest BCUT2D eigenvalue weighted by atomic mass is 10.1. The molecule has 2 heterocycles. The fourth-order valence-electron chi connectivity index (χ4n) is 3.76. The topological polar surface area (TPSA) is 53.8 Å². The minimum atomic E-state index is -0.222. The zero-order chi connectivity index (χ0) is 19.8. The highest BCUT2D eigenvalue weighted by Crippen LogP contribution is 2.24. The fraction of sp³-hybridized carbons (Fsp3) is 0.304. The van der Waals surface area contributed by atoms with E-state index in [2.05, 4.69) is 36.9 Å². The number of nitrogens with zero attached hydrogens (tertiary/aromatic N) is 2. The van der Waals surface area contributed by atoms with Crippen LogP contribution in [0.5, 0.6) is 0 Å². The third-order valence-electron chi connectivity index (χ3n) is 5.58. The van der Waals surface area contributed by atoms with Crippen molar-refractivity contribution in [1.29, 1.82) is 0 Å². The van der Waals surface area contributed by atoms with E-state index in [1.54, 1.807) is 17.0 Å². The van der Waals surface area contributed by atoms with Gasteiger partial charge in [-0.1, -0.05) is 23.8 Å². The van der Waals surface area contributed by atoms with Gasteiger partial charge in [-0.3, -0.25) is 9.59 Å². The highest BCUT2D eigenvalue weighted by atomic mass is 16.3. The highest BCUT2D eigenvalue weighted by molar-refractivity contribution is 5.93. The Morgan fingerprint density at radius 3 is 2.46 bits per heavy atom. The van der Waals surface area contributed by atoms with E-state index >= 15 is 0 Å². The number of fused-ring (bicyclic) bond motifs is 1. The van der Waals surface area contributed by atoms with Crippen LogP contribution < -0.4 is 10.3 Å². The maximum atomic E-state index is 12.9. The van der Waals surface area contributed by atoms with E-state index < -0.39 is 0 Å². The van der Waals surface area contributed by atoms with Crippen LogP contribution in [-0.4, -0.2) is 37.0 Å². The summed E-state index contributed by atoms with van der Waals surface area (Å²) in [5.41, 5.74) is 5.03. The van der Waals surface area contributed by atoms with Gasteiger partial charge in [0.2, 0.25) is 0 Å². The molecule has 2 aromatic carbocycles. The van der Waals surface area contributed by atoms with E-state index in [9.17, 15) is 9.59 Å². The summed E-state index contributed by atoms with van der Waals surface area (Å²) >= 11 is 0. The molecule has 1 fully saturated rings. The van der Waals surface area contributed by atoms with Gasteiger partial charge in [-0.05, 0) is 50.1 Å². The molecule has 5 heteroatoms. The molecule has 28 heavy (non-hydrogen) atoms. The maximum absolute atomic E-state index is 12.9. The quantitative estimate of drug-likeness (QED) is 0.685. The van der Waals surface area contributed by atoms with Crippen LogP contribution in [0.3, 0.4) is 0 Å². The van der Waals surface area contributed by atoms with Gasteiger partial charge in [0.1, 0.15) is 5.58 Å². The molecule has 1 amide bonds. The SMILES string of the molecule is Cc1ccc2oc(C(=O)N3CCN(c4cccc(C)c4C)CC3)cc(=O)c2c1. The molecule has 0 N–H and O–H groups in total. The number of carbonyl (C=O) groups is 1. The number of anilines is 1. The lowest BCUT2D eigenvalue weighted by molar-refractivity contribution is 0.0715. The molecule has 1 aliphatic heterocycles. The van der Waals surface area contributed by atoms with Gasteiger partial charge in [-0.15, -0.1) is 0 Å². The lowest BCUT2D eigenvalue weighted by Crippen LogP contribution is -2.49. The van der Waals surface area contributed by atoms with E-state index in [4.69, 9.17) is 4.42 Å². The molecule has 4 rings (SSSR count). The van der Waals surface area contributed by atoms with Crippen molar-refractivity contribution >= 4 is 22.6 Å². The standard InChI is InChI=1S/C23H24N2O3/c1-15-7-8-21-18(13-15)20(26)14-22(28-21)23(27)25-11-9-24(10-12-25)19-6-4-5-16(2)17(19)3/h4-8,13-14H,9-12H2,1-3H3. The Hall–Kier alpha value is -3.08. The molecule has 1 saturated heterocycles. The number of amides is 1. The van der Waals surface area contributed by atoms with Gasteiger partial charge in [-0.25, -0.2) is 0 Å². The molecule has 0 bridgehead atoms. The number of aryl methyl sites for hydroxylation is 2. The fourth-order valence-corrected chi connectivity index (χ4v) is 3.76. The number of hydrogen-bond acceptors (Lipinski definition) is 4. The molecule has 5 nitrogen and oxygen atoms in total. The summed E-state index contributed by atoms with van der Waals surface area (Å²) in [4.78, 5) is 29.4. The van der Waals surface area contributed by atoms with Gasteiger partial charge in [0.15, 0.2) is 11.2 Å². The van der Waals surface area contributed by atoms with Gasteiger partial charge < -0.3 is 14.2 Å². The molecule has 0 atom stereocenters. The van der Waals surface area contributed by atoms with Gasteiger partial charge >= 0.3 is 0 Å². The first kappa shape index (κ1) is 18.3. The molecule has 0 unspecified atom stereocenters. The van der Waals surface area contributed by atoms with Gasteiger partial charge in [0.25, 0.3) is 5.91 Å². The zero-order valence-corrected chi connectivity index (χ0v) is 16.5. The summed E-state index contributed by atoms with van der Waals surface area (Å²) in [7, 11) is 0. The molecule has 1 aliphatic rings. The summed E-state index contributed by atoms with van der Waals surface area (Å²) in [5, 5.41) is 0.510. The Kier molecular flexibility index (Phi) is 4.67. The molecule has 0 radical (unpaired) electrons. The smallest absolute Gasteiger partial charge is 0.289 e. The van der Waals surface area contributed by atoms with Gasteiger partial charge in [0, 0.05) is 37.9 Å². The average molecular weight is 376 g/mol. The zero-order valence-electron chi connectivity index (χ0n) is 16.5. The molecule has 1 aromatic heterocycles. The largest absolute Gasteiger partial charge is 0.451 e. The van der Waals surface area contributed by atoms with Crippen LogP contribution in [0.2, 0.25) is 0 Å². The van der Waals surface area contributed by atoms with Crippen molar-refractivity contribution in [1.82, 2.24) is 4.90 Å². The monoisotopic (exact) mass is 376 g/mol. The van der Waals surface area contributed by atoms with Crippen molar-refractivity contribution < 1.29 is 9.21 Å². The van der Waals surface area contributed by atoms with E-state index in [0.717, 1.165) is 18.7 Å². The van der Waals surface area contributed by atoms with Crippen LogP contribution in [0.15, 0.2) is 51.7 Å². The third-order valence-corrected chi connectivity index (χ3v) is 5.58. The van der Waals surface area contributed by atoms with Crippen molar-refractivity contribution in [3.05, 3.63) is 75.1 Å². The Bertz CT molecular complexity index is 1110. The molecular weight excluding hydrogens is 352 g/mol. The first-order valence-electron chi connectivity index (χ1n) is 9.59. The predicted octanol–water partition coefficient (Wildman–Crippen LogP) is 3.68. The Labute approximate surface area is 164 Å². The Morgan fingerprint density at radius 2 is 1.71 bits per heavy atom. The molecule has 0 spiro atoms. The Morgan fingerprint density at radius 1 is 0.964 bits per heavy atom. The number of carbonyl (C=O) groups excluding carboxylic acids is 1. The van der Waals surface area contributed by atoms with Crippen LogP contribution >= 0.6 is 0 Å². The first-order valence-corrected chi connectivity index (χ1v) is 9.59. The van der Waals surface area contributed by atoms with Crippen molar-refractivity contribution in [2.45, 2.75) is 20.8 Å². The average Bonchev–Trinajstić information content (AvgIpc) is 2.70. The van der Waals surface area contributed by atoms with Crippen molar-refractivity contribution in [2.24, 2.45) is 0 Å². The normalized spacial score (nSPS) is 14.5. The van der Waals surface area contributed by atoms with Crippen molar-refractivity contribution in [3.8, 4) is 0 Å². The van der Waals surface area contributed by atoms with Crippen LogP contribution in [0, 0.1) is 20.8 Å². The summed E-state index contributed by atoms with van der Waals surface area (Å²) in [5.74, 6) is -0.110. The van der Waals surface area contributed by atoms with E-state index in [0.29, 0.717) is 24.1 Å². The van der Waals surface area contributed by atoms with Crippen LogP contribution in [0.4, 0.5) is 5.69 Å². The summed E-state index contributed by atoms with van der Waals surface area (Å²) in [6, 6.07) is 13.1. The van der Waals surface area contributed by atoms with Crippen LogP contribution in [0.25, 0.3) is 11.0 Å². The molecular formula is C23H24N2O3. The second-order valence-electron chi connectivity index (χ2n) is 7.47. The molecule has 144 valence electrons. The second-order valence-corrected chi connectivity index (χ2v) is 7.47. The number of benzene rings is 2. The lowest BCUT2D eigenvalue weighted by Gasteiger charge is -2.36. The number of hydrogen-bond donors (Lipinski definition) is 0. The molecule has 0 saturated carbocycles. The first-order chi connectivity index (χ1) is 13.4. The maximum Gasteiger partial charge on any atom is 0.289 e. The van der Waals surface area contributed by atoms with Crippen LogP contribution in [-0.2, 0) is 0 Å². The number of rotatable bonds is 2. The third kappa shape index (κ3) is 3.28. The van der Waals surface area contributed by atoms with Crippen LogP contribution in [0.1, 0.15) is 27.2 Å². The number of piperazine rings is 1. The van der Waals surface area contributed by atoms with E-state index in [1.165, 1.54) is 22.9 Å². The summed E-state index contributed by atoms with van der Waals surface area (Å²) < 4.78 is 5.75. The summed E-state index contributed by atoms with van der Waals surface area (Å²) in [6.07, 6.45) is 0. The minimum absolute atomic E-state index is 0.113. The summed E-state index contributed by atoms with van der Waals surface area (Å²) in [6.45, 7) is 8.88. The van der Waals surface area contributed by atoms with Crippen molar-refractivity contribution in [3.63, 3.8) is 0 Å². The minimum Gasteiger partial charge on any atom is -0.451 e. The Balaban J connectivity index is 1.53. The highest BCUT2D eigenvalue weighted by Gasteiger charge is 2.25. The van der Waals surface area contributed by atoms with E-state index in [1.807, 2.05) is 13.0 Å². The predicted molar refractivity (Wildman–Crippen MR) is 111 cm³/mol. The van der Waals surface area contributed by atoms with Gasteiger partial charge in [-0.2, -0.15) is 0 Å². The van der Waals surface area contributed by atoms with Crippen molar-refractivity contribution in [2.75, 3.05) is 31.1 Å². The molecule has 0 aliphatic carbocycles. The van der Waals surface area contributed by atoms with Gasteiger partial charge in [0.05, 0.1) is 5.39 Å². The van der Waals surface area contributed by atoms with E-state index in [-0.39, 0.29) is 17.1 Å².